The molecule has 0 saturated heterocycles. The Morgan fingerprint density at radius 3 is 2.57 bits per heavy atom. The van der Waals surface area contributed by atoms with Crippen LogP contribution in [0.2, 0.25) is 0 Å². The number of carbonyl (C=O) groups is 1. The number of rotatable bonds is 7. The Labute approximate surface area is 133 Å². The third-order valence-corrected chi connectivity index (χ3v) is 3.81. The summed E-state index contributed by atoms with van der Waals surface area (Å²) >= 11 is 3.45. The lowest BCUT2D eigenvalue weighted by atomic mass is 10.1. The molecule has 0 fully saturated rings. The van der Waals surface area contributed by atoms with Crippen molar-refractivity contribution < 1.29 is 14.3 Å². The van der Waals surface area contributed by atoms with Gasteiger partial charge in [0.25, 0.3) is 0 Å². The summed E-state index contributed by atoms with van der Waals surface area (Å²) in [6, 6.07) is 15.1. The molecule has 2 aromatic rings. The highest BCUT2D eigenvalue weighted by atomic mass is 79.9. The Bertz CT molecular complexity index is 596. The molecule has 2 aromatic carbocycles. The molecule has 0 spiro atoms. The normalized spacial score (nSPS) is 10.2. The second-order valence-electron chi connectivity index (χ2n) is 4.58. The summed E-state index contributed by atoms with van der Waals surface area (Å²) in [4.78, 5) is 12.0. The molecule has 0 radical (unpaired) electrons. The number of ketones is 1. The standard InChI is InChI=1S/C17H17BrO3/c1-20-16-7-8-17(18)13(12-16)11-14(19)9-10-21-15-5-3-2-4-6-15/h2-8,12H,9-11H2,1H3. The van der Waals surface area contributed by atoms with Gasteiger partial charge in [-0.25, -0.2) is 0 Å². The summed E-state index contributed by atoms with van der Waals surface area (Å²) in [5.74, 6) is 1.68. The van der Waals surface area contributed by atoms with Crippen LogP contribution in [-0.2, 0) is 11.2 Å². The zero-order valence-corrected chi connectivity index (χ0v) is 13.4. The van der Waals surface area contributed by atoms with Crippen LogP contribution in [0.25, 0.3) is 0 Å². The molecule has 4 heteroatoms. The Balaban J connectivity index is 1.84. The molecule has 21 heavy (non-hydrogen) atoms. The maximum atomic E-state index is 12.0. The smallest absolute Gasteiger partial charge is 0.140 e. The van der Waals surface area contributed by atoms with Gasteiger partial charge in [-0.1, -0.05) is 34.1 Å². The molecule has 0 unspecified atom stereocenters. The second kappa shape index (κ2) is 7.84. The highest BCUT2D eigenvalue weighted by Gasteiger charge is 2.08. The molecule has 0 aliphatic carbocycles. The van der Waals surface area contributed by atoms with Gasteiger partial charge in [-0.2, -0.15) is 0 Å². The van der Waals surface area contributed by atoms with Crippen molar-refractivity contribution in [2.45, 2.75) is 12.8 Å². The first-order valence-electron chi connectivity index (χ1n) is 6.71. The third kappa shape index (κ3) is 4.90. The Morgan fingerprint density at radius 1 is 1.10 bits per heavy atom. The van der Waals surface area contributed by atoms with Crippen molar-refractivity contribution in [3.8, 4) is 11.5 Å². The number of ether oxygens (including phenoxy) is 2. The topological polar surface area (TPSA) is 35.5 Å². The largest absolute Gasteiger partial charge is 0.497 e. The molecule has 0 atom stereocenters. The lowest BCUT2D eigenvalue weighted by Crippen LogP contribution is -2.09. The van der Waals surface area contributed by atoms with Crippen LogP contribution in [-0.4, -0.2) is 19.5 Å². The Hall–Kier alpha value is -1.81. The molecule has 0 amide bonds. The van der Waals surface area contributed by atoms with Crippen molar-refractivity contribution in [3.63, 3.8) is 0 Å². The summed E-state index contributed by atoms with van der Waals surface area (Å²) in [6.45, 7) is 0.393. The molecule has 0 bridgehead atoms. The number of Topliss-reactive ketones (excluding diaryl/α,β-unsaturated/α-hetero) is 1. The maximum Gasteiger partial charge on any atom is 0.140 e. The summed E-state index contributed by atoms with van der Waals surface area (Å²) in [5.41, 5.74) is 0.930. The zero-order chi connectivity index (χ0) is 15.1. The molecule has 0 saturated carbocycles. The summed E-state index contributed by atoms with van der Waals surface area (Å²) in [5, 5.41) is 0. The van der Waals surface area contributed by atoms with Gasteiger partial charge >= 0.3 is 0 Å². The van der Waals surface area contributed by atoms with E-state index in [1.165, 1.54) is 0 Å². The maximum absolute atomic E-state index is 12.0. The van der Waals surface area contributed by atoms with E-state index in [9.17, 15) is 4.79 Å². The molecule has 0 heterocycles. The average Bonchev–Trinajstić information content (AvgIpc) is 2.50. The molecule has 0 aromatic heterocycles. The SMILES string of the molecule is COc1ccc(Br)c(CC(=O)CCOc2ccccc2)c1. The van der Waals surface area contributed by atoms with Crippen LogP contribution in [0, 0.1) is 0 Å². The number of hydrogen-bond acceptors (Lipinski definition) is 3. The molecular formula is C17H17BrO3. The van der Waals surface area contributed by atoms with Crippen LogP contribution >= 0.6 is 15.9 Å². The molecule has 110 valence electrons. The predicted molar refractivity (Wildman–Crippen MR) is 86.0 cm³/mol. The minimum absolute atomic E-state index is 0.139. The molecular weight excluding hydrogens is 332 g/mol. The summed E-state index contributed by atoms with van der Waals surface area (Å²) in [7, 11) is 1.61. The van der Waals surface area contributed by atoms with Gasteiger partial charge in [-0.3, -0.25) is 4.79 Å². The van der Waals surface area contributed by atoms with Gasteiger partial charge in [-0.15, -0.1) is 0 Å². The van der Waals surface area contributed by atoms with E-state index in [-0.39, 0.29) is 5.78 Å². The first-order chi connectivity index (χ1) is 10.2. The molecule has 0 aliphatic rings. The van der Waals surface area contributed by atoms with E-state index >= 15 is 0 Å². The van der Waals surface area contributed by atoms with Crippen LogP contribution in [0.4, 0.5) is 0 Å². The fourth-order valence-electron chi connectivity index (χ4n) is 1.91. The van der Waals surface area contributed by atoms with Crippen molar-refractivity contribution >= 4 is 21.7 Å². The molecule has 3 nitrogen and oxygen atoms in total. The lowest BCUT2D eigenvalue weighted by Gasteiger charge is -2.08. The van der Waals surface area contributed by atoms with Gasteiger partial charge in [0, 0.05) is 17.3 Å². The number of hydrogen-bond donors (Lipinski definition) is 0. The third-order valence-electron chi connectivity index (χ3n) is 3.03. The average molecular weight is 349 g/mol. The summed E-state index contributed by atoms with van der Waals surface area (Å²) < 4.78 is 11.6. The molecule has 0 aliphatic heterocycles. The van der Waals surface area contributed by atoms with Crippen LogP contribution in [0.5, 0.6) is 11.5 Å². The van der Waals surface area contributed by atoms with Crippen LogP contribution in [0.3, 0.4) is 0 Å². The number of para-hydroxylation sites is 1. The van der Waals surface area contributed by atoms with Gasteiger partial charge in [0.2, 0.25) is 0 Å². The van der Waals surface area contributed by atoms with E-state index < -0.39 is 0 Å². The van der Waals surface area contributed by atoms with Gasteiger partial charge in [0.05, 0.1) is 13.7 Å². The van der Waals surface area contributed by atoms with Gasteiger partial charge < -0.3 is 9.47 Å². The summed E-state index contributed by atoms with van der Waals surface area (Å²) in [6.07, 6.45) is 0.758. The van der Waals surface area contributed by atoms with E-state index in [2.05, 4.69) is 15.9 Å². The first kappa shape index (κ1) is 15.6. The number of methoxy groups -OCH3 is 1. The van der Waals surface area contributed by atoms with Crippen LogP contribution in [0.15, 0.2) is 53.0 Å². The van der Waals surface area contributed by atoms with Gasteiger partial charge in [0.1, 0.15) is 17.3 Å². The Morgan fingerprint density at radius 2 is 1.86 bits per heavy atom. The van der Waals surface area contributed by atoms with Crippen molar-refractivity contribution in [2.24, 2.45) is 0 Å². The van der Waals surface area contributed by atoms with E-state index in [1.807, 2.05) is 48.5 Å². The van der Waals surface area contributed by atoms with E-state index in [1.54, 1.807) is 7.11 Å². The lowest BCUT2D eigenvalue weighted by molar-refractivity contribution is -0.118. The first-order valence-corrected chi connectivity index (χ1v) is 7.50. The number of benzene rings is 2. The van der Waals surface area contributed by atoms with E-state index in [0.717, 1.165) is 21.5 Å². The van der Waals surface area contributed by atoms with Crippen molar-refractivity contribution in [2.75, 3.05) is 13.7 Å². The Kier molecular flexibility index (Phi) is 5.81. The molecule has 0 N–H and O–H groups in total. The van der Waals surface area contributed by atoms with Gasteiger partial charge in [0.15, 0.2) is 0 Å². The highest BCUT2D eigenvalue weighted by molar-refractivity contribution is 9.10. The van der Waals surface area contributed by atoms with Crippen molar-refractivity contribution in [3.05, 3.63) is 58.6 Å². The van der Waals surface area contributed by atoms with Crippen LogP contribution < -0.4 is 9.47 Å². The fraction of sp³-hybridized carbons (Fsp3) is 0.235. The fourth-order valence-corrected chi connectivity index (χ4v) is 2.30. The zero-order valence-electron chi connectivity index (χ0n) is 11.8. The van der Waals surface area contributed by atoms with Crippen molar-refractivity contribution in [1.29, 1.82) is 0 Å². The van der Waals surface area contributed by atoms with Gasteiger partial charge in [-0.05, 0) is 35.9 Å². The number of carbonyl (C=O) groups excluding carboxylic acids is 1. The minimum atomic E-state index is 0.139. The second-order valence-corrected chi connectivity index (χ2v) is 5.44. The van der Waals surface area contributed by atoms with Crippen molar-refractivity contribution in [1.82, 2.24) is 0 Å². The van der Waals surface area contributed by atoms with Crippen LogP contribution in [0.1, 0.15) is 12.0 Å². The minimum Gasteiger partial charge on any atom is -0.497 e. The number of halogens is 1. The van der Waals surface area contributed by atoms with E-state index in [0.29, 0.717) is 19.4 Å². The van der Waals surface area contributed by atoms with E-state index in [4.69, 9.17) is 9.47 Å². The quantitative estimate of drug-likeness (QED) is 0.757. The monoisotopic (exact) mass is 348 g/mol. The molecule has 2 rings (SSSR count). The predicted octanol–water partition coefficient (Wildman–Crippen LogP) is 4.04. The highest BCUT2D eigenvalue weighted by Crippen LogP contribution is 2.23.